The highest BCUT2D eigenvalue weighted by Crippen LogP contribution is 2.19. The normalized spacial score (nSPS) is 17.5. The molecule has 0 saturated carbocycles. The summed E-state index contributed by atoms with van der Waals surface area (Å²) in [7, 11) is 0. The van der Waals surface area contributed by atoms with Gasteiger partial charge in [-0.2, -0.15) is 0 Å². The van der Waals surface area contributed by atoms with Gasteiger partial charge >= 0.3 is 0 Å². The van der Waals surface area contributed by atoms with Crippen molar-refractivity contribution in [3.8, 4) is 5.88 Å². The van der Waals surface area contributed by atoms with Crippen molar-refractivity contribution in [1.82, 2.24) is 14.9 Å². The van der Waals surface area contributed by atoms with Crippen LogP contribution in [0.25, 0.3) is 0 Å². The summed E-state index contributed by atoms with van der Waals surface area (Å²) in [6.07, 6.45) is 6.36. The first-order chi connectivity index (χ1) is 10.7. The molecule has 1 fully saturated rings. The third-order valence-corrected chi connectivity index (χ3v) is 4.03. The number of pyridine rings is 2. The van der Waals surface area contributed by atoms with Crippen LogP contribution in [0.2, 0.25) is 0 Å². The van der Waals surface area contributed by atoms with E-state index < -0.39 is 0 Å². The number of carbonyl (C=O) groups excluding carboxylic acids is 1. The Morgan fingerprint density at radius 2 is 2.27 bits per heavy atom. The topological polar surface area (TPSA) is 55.3 Å². The predicted molar refractivity (Wildman–Crippen MR) is 85.5 cm³/mol. The van der Waals surface area contributed by atoms with Crippen molar-refractivity contribution in [3.05, 3.63) is 52.9 Å². The first kappa shape index (κ1) is 15.0. The summed E-state index contributed by atoms with van der Waals surface area (Å²) in [5.74, 6) is 0.706. The monoisotopic (exact) mass is 361 g/mol. The molecule has 1 saturated heterocycles. The molecule has 3 rings (SSSR count). The van der Waals surface area contributed by atoms with E-state index in [9.17, 15) is 4.79 Å². The molecule has 0 bridgehead atoms. The molecule has 6 heteroatoms. The molecule has 3 heterocycles. The number of likely N-dealkylation sites (tertiary alicyclic amines) is 1. The number of carbonyl (C=O) groups is 1. The van der Waals surface area contributed by atoms with E-state index >= 15 is 0 Å². The van der Waals surface area contributed by atoms with Crippen LogP contribution >= 0.6 is 15.9 Å². The smallest absolute Gasteiger partial charge is 0.227 e. The van der Waals surface area contributed by atoms with Gasteiger partial charge in [0.15, 0.2) is 0 Å². The number of ether oxygens (including phenoxy) is 1. The fourth-order valence-electron chi connectivity index (χ4n) is 2.44. The van der Waals surface area contributed by atoms with E-state index in [0.717, 1.165) is 23.0 Å². The Hall–Kier alpha value is -1.95. The van der Waals surface area contributed by atoms with E-state index in [4.69, 9.17) is 4.74 Å². The van der Waals surface area contributed by atoms with Gasteiger partial charge in [0.2, 0.25) is 11.8 Å². The van der Waals surface area contributed by atoms with Crippen molar-refractivity contribution in [1.29, 1.82) is 0 Å². The Balaban J connectivity index is 1.53. The SMILES string of the molecule is O=C(Cc1cccnc1)N1CCC(Oc2ccc(Br)cn2)C1. The van der Waals surface area contributed by atoms with Gasteiger partial charge in [0, 0.05) is 42.1 Å². The summed E-state index contributed by atoms with van der Waals surface area (Å²) in [5.41, 5.74) is 0.937. The zero-order valence-corrected chi connectivity index (χ0v) is 13.6. The van der Waals surface area contributed by atoms with Crippen LogP contribution in [-0.2, 0) is 11.2 Å². The zero-order valence-electron chi connectivity index (χ0n) is 12.0. The molecule has 1 unspecified atom stereocenters. The van der Waals surface area contributed by atoms with Gasteiger partial charge < -0.3 is 9.64 Å². The van der Waals surface area contributed by atoms with E-state index in [1.165, 1.54) is 0 Å². The molecule has 2 aromatic heterocycles. The van der Waals surface area contributed by atoms with Crippen LogP contribution in [0.3, 0.4) is 0 Å². The van der Waals surface area contributed by atoms with E-state index in [-0.39, 0.29) is 12.0 Å². The van der Waals surface area contributed by atoms with E-state index in [1.54, 1.807) is 18.6 Å². The van der Waals surface area contributed by atoms with Crippen LogP contribution < -0.4 is 4.74 Å². The Morgan fingerprint density at radius 3 is 3.00 bits per heavy atom. The molecule has 114 valence electrons. The molecular formula is C16H16BrN3O2. The molecule has 1 aliphatic heterocycles. The summed E-state index contributed by atoms with van der Waals surface area (Å²) in [5, 5.41) is 0. The third-order valence-electron chi connectivity index (χ3n) is 3.56. The lowest BCUT2D eigenvalue weighted by molar-refractivity contribution is -0.129. The summed E-state index contributed by atoms with van der Waals surface area (Å²) in [6, 6.07) is 7.48. The molecule has 0 aliphatic carbocycles. The fourth-order valence-corrected chi connectivity index (χ4v) is 2.68. The number of hydrogen-bond donors (Lipinski definition) is 0. The van der Waals surface area contributed by atoms with Gasteiger partial charge in [-0.3, -0.25) is 9.78 Å². The molecule has 1 atom stereocenters. The van der Waals surface area contributed by atoms with Crippen molar-refractivity contribution in [2.45, 2.75) is 18.9 Å². The Kier molecular flexibility index (Phi) is 4.68. The minimum atomic E-state index is 0.00604. The second-order valence-electron chi connectivity index (χ2n) is 5.22. The molecule has 0 spiro atoms. The second kappa shape index (κ2) is 6.87. The van der Waals surface area contributed by atoms with Crippen molar-refractivity contribution < 1.29 is 9.53 Å². The molecule has 1 aliphatic rings. The van der Waals surface area contributed by atoms with Crippen LogP contribution in [0, 0.1) is 0 Å². The highest BCUT2D eigenvalue weighted by atomic mass is 79.9. The summed E-state index contributed by atoms with van der Waals surface area (Å²) >= 11 is 3.34. The van der Waals surface area contributed by atoms with Gasteiger partial charge in [0.25, 0.3) is 0 Å². The van der Waals surface area contributed by atoms with Gasteiger partial charge in [-0.25, -0.2) is 4.98 Å². The minimum absolute atomic E-state index is 0.00604. The Labute approximate surface area is 137 Å². The molecule has 5 nitrogen and oxygen atoms in total. The van der Waals surface area contributed by atoms with Gasteiger partial charge in [0.1, 0.15) is 6.10 Å². The number of amides is 1. The van der Waals surface area contributed by atoms with Crippen molar-refractivity contribution in [2.75, 3.05) is 13.1 Å². The first-order valence-electron chi connectivity index (χ1n) is 7.15. The number of nitrogens with zero attached hydrogens (tertiary/aromatic N) is 3. The molecule has 2 aromatic rings. The number of halogens is 1. The van der Waals surface area contributed by atoms with Crippen molar-refractivity contribution in [3.63, 3.8) is 0 Å². The van der Waals surface area contributed by atoms with E-state index in [2.05, 4.69) is 25.9 Å². The van der Waals surface area contributed by atoms with Crippen molar-refractivity contribution >= 4 is 21.8 Å². The van der Waals surface area contributed by atoms with Crippen LogP contribution in [0.4, 0.5) is 0 Å². The van der Waals surface area contributed by atoms with Crippen LogP contribution in [0.1, 0.15) is 12.0 Å². The molecule has 1 amide bonds. The lowest BCUT2D eigenvalue weighted by atomic mass is 10.2. The third kappa shape index (κ3) is 3.82. The second-order valence-corrected chi connectivity index (χ2v) is 6.14. The highest BCUT2D eigenvalue weighted by Gasteiger charge is 2.27. The maximum atomic E-state index is 12.3. The lowest BCUT2D eigenvalue weighted by Gasteiger charge is -2.17. The molecule has 22 heavy (non-hydrogen) atoms. The maximum Gasteiger partial charge on any atom is 0.227 e. The molecule has 0 N–H and O–H groups in total. The van der Waals surface area contributed by atoms with Gasteiger partial charge in [0.05, 0.1) is 13.0 Å². The van der Waals surface area contributed by atoms with Gasteiger partial charge in [-0.15, -0.1) is 0 Å². The van der Waals surface area contributed by atoms with E-state index in [0.29, 0.717) is 18.8 Å². The largest absolute Gasteiger partial charge is 0.472 e. The van der Waals surface area contributed by atoms with Crippen LogP contribution in [0.15, 0.2) is 47.3 Å². The molecular weight excluding hydrogens is 346 g/mol. The van der Waals surface area contributed by atoms with Gasteiger partial charge in [-0.05, 0) is 33.6 Å². The maximum absolute atomic E-state index is 12.3. The quantitative estimate of drug-likeness (QED) is 0.839. The fraction of sp³-hybridized carbons (Fsp3) is 0.312. The van der Waals surface area contributed by atoms with E-state index in [1.807, 2.05) is 29.2 Å². The average Bonchev–Trinajstić information content (AvgIpc) is 2.99. The highest BCUT2D eigenvalue weighted by molar-refractivity contribution is 9.10. The Bertz CT molecular complexity index is 634. The predicted octanol–water partition coefficient (Wildman–Crippen LogP) is 2.46. The summed E-state index contributed by atoms with van der Waals surface area (Å²) in [6.45, 7) is 1.33. The minimum Gasteiger partial charge on any atom is -0.472 e. The van der Waals surface area contributed by atoms with Crippen LogP contribution in [0.5, 0.6) is 5.88 Å². The Morgan fingerprint density at radius 1 is 1.36 bits per heavy atom. The molecule has 0 aromatic carbocycles. The summed E-state index contributed by atoms with van der Waals surface area (Å²) in [4.78, 5) is 22.4. The first-order valence-corrected chi connectivity index (χ1v) is 7.95. The lowest BCUT2D eigenvalue weighted by Crippen LogP contribution is -2.32. The zero-order chi connectivity index (χ0) is 15.4. The number of aromatic nitrogens is 2. The average molecular weight is 362 g/mol. The van der Waals surface area contributed by atoms with Crippen molar-refractivity contribution in [2.24, 2.45) is 0 Å². The number of rotatable bonds is 4. The summed E-state index contributed by atoms with van der Waals surface area (Å²) < 4.78 is 6.74. The van der Waals surface area contributed by atoms with Crippen LogP contribution in [-0.4, -0.2) is 40.0 Å². The number of hydrogen-bond acceptors (Lipinski definition) is 4. The standard InChI is InChI=1S/C16H16BrN3O2/c17-13-3-4-15(19-10-13)22-14-5-7-20(11-14)16(21)8-12-2-1-6-18-9-12/h1-4,6,9-10,14H,5,7-8,11H2. The molecule has 0 radical (unpaired) electrons. The van der Waals surface area contributed by atoms with Gasteiger partial charge in [-0.1, -0.05) is 6.07 Å².